The van der Waals surface area contributed by atoms with Gasteiger partial charge in [0.25, 0.3) is 0 Å². The first-order valence-corrected chi connectivity index (χ1v) is 8.17. The molecule has 0 radical (unpaired) electrons. The number of carbonyl (C=O) groups excluding carboxylic acids is 1. The maximum Gasteiger partial charge on any atom is 0.229 e. The van der Waals surface area contributed by atoms with E-state index in [0.717, 1.165) is 29.2 Å². The molecule has 1 atom stereocenters. The third kappa shape index (κ3) is 2.61. The van der Waals surface area contributed by atoms with Crippen molar-refractivity contribution in [1.29, 1.82) is 0 Å². The lowest BCUT2D eigenvalue weighted by molar-refractivity contribution is -0.115. The van der Waals surface area contributed by atoms with E-state index in [0.29, 0.717) is 17.2 Å². The van der Waals surface area contributed by atoms with E-state index in [4.69, 9.17) is 16.3 Å². The predicted octanol–water partition coefficient (Wildman–Crippen LogP) is 3.20. The van der Waals surface area contributed by atoms with Crippen LogP contribution in [0.15, 0.2) is 58.3 Å². The van der Waals surface area contributed by atoms with Gasteiger partial charge >= 0.3 is 0 Å². The molecular formula is C18H16ClN3O2. The monoisotopic (exact) mass is 341 g/mol. The van der Waals surface area contributed by atoms with Crippen LogP contribution in [0.1, 0.15) is 12.5 Å². The molecule has 0 aromatic heterocycles. The summed E-state index contributed by atoms with van der Waals surface area (Å²) in [5.41, 5.74) is 2.64. The maximum atomic E-state index is 11.6. The van der Waals surface area contributed by atoms with Crippen LogP contribution in [-0.4, -0.2) is 29.3 Å². The van der Waals surface area contributed by atoms with Gasteiger partial charge in [0, 0.05) is 35.8 Å². The molecule has 1 aromatic rings. The van der Waals surface area contributed by atoms with Gasteiger partial charge in [-0.05, 0) is 31.2 Å². The summed E-state index contributed by atoms with van der Waals surface area (Å²) in [6, 6.07) is 5.65. The molecule has 0 spiro atoms. The molecule has 0 aliphatic carbocycles. The number of rotatable bonds is 3. The van der Waals surface area contributed by atoms with E-state index >= 15 is 0 Å². The number of carbonyl (C=O) groups is 1. The molecule has 0 bridgehead atoms. The molecule has 4 rings (SSSR count). The number of aliphatic imine (C=N–C) groups is 1. The molecule has 0 fully saturated rings. The molecule has 1 unspecified atom stereocenters. The summed E-state index contributed by atoms with van der Waals surface area (Å²) in [4.78, 5) is 18.1. The minimum Gasteiger partial charge on any atom is -0.486 e. The molecule has 3 heterocycles. The van der Waals surface area contributed by atoms with Crippen molar-refractivity contribution < 1.29 is 9.53 Å². The number of halogens is 1. The summed E-state index contributed by atoms with van der Waals surface area (Å²) in [6.07, 6.45) is 7.61. The van der Waals surface area contributed by atoms with E-state index in [9.17, 15) is 4.79 Å². The lowest BCUT2D eigenvalue weighted by Crippen LogP contribution is -2.36. The first kappa shape index (κ1) is 15.0. The number of hydrogen-bond acceptors (Lipinski definition) is 4. The Bertz CT molecular complexity index is 839. The van der Waals surface area contributed by atoms with E-state index in [1.54, 1.807) is 6.20 Å². The number of anilines is 1. The molecule has 122 valence electrons. The lowest BCUT2D eigenvalue weighted by atomic mass is 10.0. The zero-order valence-corrected chi connectivity index (χ0v) is 13.9. The van der Waals surface area contributed by atoms with Crippen molar-refractivity contribution in [3.05, 3.63) is 58.9 Å². The molecule has 6 heteroatoms. The molecule has 0 saturated carbocycles. The number of benzene rings is 1. The van der Waals surface area contributed by atoms with E-state index in [-0.39, 0.29) is 12.0 Å². The van der Waals surface area contributed by atoms with Gasteiger partial charge in [-0.2, -0.15) is 0 Å². The fourth-order valence-corrected chi connectivity index (χ4v) is 3.32. The Hall–Kier alpha value is -2.53. The number of fused-ring (bicyclic) bond motifs is 2. The number of hydrogen-bond donors (Lipinski definition) is 1. The largest absolute Gasteiger partial charge is 0.486 e. The summed E-state index contributed by atoms with van der Waals surface area (Å²) in [7, 11) is 0. The predicted molar refractivity (Wildman–Crippen MR) is 94.2 cm³/mol. The highest BCUT2D eigenvalue weighted by Crippen LogP contribution is 2.33. The Balaban J connectivity index is 1.63. The molecule has 1 N–H and O–H groups in total. The highest BCUT2D eigenvalue weighted by Gasteiger charge is 2.27. The molecule has 5 nitrogen and oxygen atoms in total. The summed E-state index contributed by atoms with van der Waals surface area (Å²) in [5, 5.41) is 3.48. The molecule has 1 aromatic carbocycles. The third-order valence-corrected chi connectivity index (χ3v) is 4.40. The van der Waals surface area contributed by atoms with Crippen molar-refractivity contribution in [3.8, 4) is 5.75 Å². The summed E-state index contributed by atoms with van der Waals surface area (Å²) in [6.45, 7) is 2.70. The molecule has 1 amide bonds. The Kier molecular flexibility index (Phi) is 3.65. The number of amidine groups is 1. The van der Waals surface area contributed by atoms with Crippen LogP contribution in [0.2, 0.25) is 0 Å². The van der Waals surface area contributed by atoms with Crippen LogP contribution < -0.4 is 10.1 Å². The van der Waals surface area contributed by atoms with Crippen LogP contribution in [0.5, 0.6) is 5.75 Å². The number of nitrogens with one attached hydrogen (secondary N) is 1. The fourth-order valence-electron chi connectivity index (χ4n) is 3.08. The second-order valence-corrected chi connectivity index (χ2v) is 6.31. The smallest absolute Gasteiger partial charge is 0.229 e. The van der Waals surface area contributed by atoms with Crippen LogP contribution in [0.25, 0.3) is 0 Å². The quantitative estimate of drug-likeness (QED) is 0.918. The van der Waals surface area contributed by atoms with Gasteiger partial charge in [0.15, 0.2) is 0 Å². The Morgan fingerprint density at radius 3 is 3.17 bits per heavy atom. The van der Waals surface area contributed by atoms with Crippen LogP contribution >= 0.6 is 11.6 Å². The summed E-state index contributed by atoms with van der Waals surface area (Å²) < 4.78 is 6.16. The van der Waals surface area contributed by atoms with Crippen LogP contribution in [-0.2, 0) is 11.2 Å². The molecular weight excluding hydrogens is 326 g/mol. The number of allylic oxidation sites excluding steroid dienone is 2. The van der Waals surface area contributed by atoms with Crippen LogP contribution in [0, 0.1) is 0 Å². The van der Waals surface area contributed by atoms with E-state index in [1.165, 1.54) is 0 Å². The van der Waals surface area contributed by atoms with Gasteiger partial charge in [-0.3, -0.25) is 4.79 Å². The zero-order valence-electron chi connectivity index (χ0n) is 13.1. The number of ether oxygens (including phenoxy) is 1. The summed E-state index contributed by atoms with van der Waals surface area (Å²) >= 11 is 6.24. The third-order valence-electron chi connectivity index (χ3n) is 4.19. The highest BCUT2D eigenvalue weighted by molar-refractivity contribution is 6.32. The van der Waals surface area contributed by atoms with Crippen molar-refractivity contribution in [2.24, 2.45) is 4.99 Å². The Morgan fingerprint density at radius 1 is 1.42 bits per heavy atom. The molecule has 3 aliphatic rings. The number of nitrogens with zero attached hydrogens (tertiary/aromatic N) is 2. The van der Waals surface area contributed by atoms with Gasteiger partial charge in [-0.15, -0.1) is 0 Å². The molecule has 3 aliphatic heterocycles. The Morgan fingerprint density at radius 2 is 2.29 bits per heavy atom. The molecule has 0 saturated heterocycles. The number of amides is 1. The standard InChI is InChI=1S/C18H16ClN3O2/c1-11(13-8-12(19)10-22-7-3-6-20-18(13)22)24-16-5-2-4-15-14(16)9-17(23)21-15/h2-6,8,10-11H,7,9H2,1H3,(H,21,23). The van der Waals surface area contributed by atoms with Crippen LogP contribution in [0.4, 0.5) is 5.69 Å². The maximum absolute atomic E-state index is 11.6. The first-order valence-electron chi connectivity index (χ1n) is 7.79. The van der Waals surface area contributed by atoms with E-state index < -0.39 is 0 Å². The van der Waals surface area contributed by atoms with E-state index in [2.05, 4.69) is 10.3 Å². The van der Waals surface area contributed by atoms with Crippen molar-refractivity contribution in [2.45, 2.75) is 19.4 Å². The van der Waals surface area contributed by atoms with Crippen molar-refractivity contribution >= 4 is 29.0 Å². The second kappa shape index (κ2) is 5.83. The van der Waals surface area contributed by atoms with E-state index in [1.807, 2.05) is 48.4 Å². The van der Waals surface area contributed by atoms with Crippen LogP contribution in [0.3, 0.4) is 0 Å². The topological polar surface area (TPSA) is 53.9 Å². The average Bonchev–Trinajstić information content (AvgIpc) is 2.95. The zero-order chi connectivity index (χ0) is 16.7. The minimum absolute atomic E-state index is 0.00969. The van der Waals surface area contributed by atoms with Gasteiger partial charge in [0.1, 0.15) is 17.7 Å². The molecule has 24 heavy (non-hydrogen) atoms. The SMILES string of the molecule is CC(Oc1cccc2c1CC(=O)N2)C1=CC(Cl)=CN2CC=CN=C12. The average molecular weight is 342 g/mol. The Labute approximate surface area is 145 Å². The van der Waals surface area contributed by atoms with Gasteiger partial charge < -0.3 is 15.0 Å². The van der Waals surface area contributed by atoms with Crippen molar-refractivity contribution in [3.63, 3.8) is 0 Å². The normalized spacial score (nSPS) is 19.7. The van der Waals surface area contributed by atoms with Gasteiger partial charge in [-0.25, -0.2) is 4.99 Å². The lowest BCUT2D eigenvalue weighted by Gasteiger charge is -2.31. The fraction of sp³-hybridized carbons (Fsp3) is 0.222. The van der Waals surface area contributed by atoms with Gasteiger partial charge in [-0.1, -0.05) is 17.7 Å². The second-order valence-electron chi connectivity index (χ2n) is 5.87. The minimum atomic E-state index is -0.248. The highest BCUT2D eigenvalue weighted by atomic mass is 35.5. The summed E-state index contributed by atoms with van der Waals surface area (Å²) in [5.74, 6) is 1.55. The van der Waals surface area contributed by atoms with Gasteiger partial charge in [0.2, 0.25) is 5.91 Å². The van der Waals surface area contributed by atoms with Crippen molar-refractivity contribution in [2.75, 3.05) is 11.9 Å². The first-order chi connectivity index (χ1) is 11.6. The van der Waals surface area contributed by atoms with Gasteiger partial charge in [0.05, 0.1) is 11.5 Å². The van der Waals surface area contributed by atoms with Crippen molar-refractivity contribution in [1.82, 2.24) is 4.90 Å².